The van der Waals surface area contributed by atoms with Crippen molar-refractivity contribution in [3.63, 3.8) is 0 Å². The molecule has 0 amide bonds. The molecule has 20 heavy (non-hydrogen) atoms. The predicted octanol–water partition coefficient (Wildman–Crippen LogP) is 3.31. The van der Waals surface area contributed by atoms with Crippen LogP contribution < -0.4 is 10.2 Å². The van der Waals surface area contributed by atoms with Crippen LogP contribution in [0.2, 0.25) is 0 Å². The summed E-state index contributed by atoms with van der Waals surface area (Å²) in [5.41, 5.74) is 4.95. The fourth-order valence-corrected chi connectivity index (χ4v) is 1.88. The third-order valence-corrected chi connectivity index (χ3v) is 3.03. The van der Waals surface area contributed by atoms with Gasteiger partial charge in [-0.3, -0.25) is 10.7 Å². The molecule has 0 saturated carbocycles. The molecule has 0 unspecified atom stereocenters. The van der Waals surface area contributed by atoms with E-state index in [0.717, 1.165) is 23.4 Å². The van der Waals surface area contributed by atoms with Crippen molar-refractivity contribution in [3.05, 3.63) is 59.7 Å². The zero-order valence-electron chi connectivity index (χ0n) is 11.6. The number of hydrogen-bond acceptors (Lipinski definition) is 3. The van der Waals surface area contributed by atoms with E-state index in [1.807, 2.05) is 42.5 Å². The maximum atomic E-state index is 9.28. The number of hydrogen-bond donors (Lipinski definition) is 2. The largest absolute Gasteiger partial charge is 0.497 e. The van der Waals surface area contributed by atoms with Crippen LogP contribution in [0.15, 0.2) is 53.5 Å². The molecule has 4 heteroatoms. The molecule has 0 aliphatic heterocycles. The Morgan fingerprint density at radius 3 is 2.55 bits per heavy atom. The van der Waals surface area contributed by atoms with E-state index in [4.69, 9.17) is 4.74 Å². The van der Waals surface area contributed by atoms with Crippen molar-refractivity contribution in [3.8, 4) is 5.75 Å². The van der Waals surface area contributed by atoms with Gasteiger partial charge in [-0.25, -0.2) is 4.99 Å². The highest BCUT2D eigenvalue weighted by atomic mass is 16.5. The minimum Gasteiger partial charge on any atom is -0.497 e. The van der Waals surface area contributed by atoms with Gasteiger partial charge in [0.15, 0.2) is 5.84 Å². The summed E-state index contributed by atoms with van der Waals surface area (Å²) in [7, 11) is 1.62. The molecule has 0 aromatic heterocycles. The van der Waals surface area contributed by atoms with Crippen molar-refractivity contribution < 1.29 is 9.94 Å². The first-order valence-electron chi connectivity index (χ1n) is 6.49. The van der Waals surface area contributed by atoms with Crippen LogP contribution in [0, 0.1) is 0 Å². The van der Waals surface area contributed by atoms with Crippen LogP contribution in [0.5, 0.6) is 5.75 Å². The van der Waals surface area contributed by atoms with E-state index in [1.54, 1.807) is 7.11 Å². The summed E-state index contributed by atoms with van der Waals surface area (Å²) in [4.78, 5) is 4.43. The molecular weight excluding hydrogens is 252 g/mol. The Hall–Kier alpha value is -2.33. The van der Waals surface area contributed by atoms with Gasteiger partial charge in [0.1, 0.15) is 5.75 Å². The van der Waals surface area contributed by atoms with Gasteiger partial charge in [-0.05, 0) is 48.4 Å². The Morgan fingerprint density at radius 1 is 1.20 bits per heavy atom. The molecule has 4 nitrogen and oxygen atoms in total. The van der Waals surface area contributed by atoms with Gasteiger partial charge in [0, 0.05) is 5.56 Å². The zero-order valence-corrected chi connectivity index (χ0v) is 11.6. The second-order valence-electron chi connectivity index (χ2n) is 4.32. The van der Waals surface area contributed by atoms with Crippen LogP contribution in [0.4, 0.5) is 5.69 Å². The number of aliphatic imine (C=N–C) groups is 1. The first kappa shape index (κ1) is 14.1. The third kappa shape index (κ3) is 3.36. The van der Waals surface area contributed by atoms with Crippen molar-refractivity contribution in [2.24, 2.45) is 4.99 Å². The maximum Gasteiger partial charge on any atom is 0.157 e. The van der Waals surface area contributed by atoms with Gasteiger partial charge in [-0.1, -0.05) is 19.1 Å². The fourth-order valence-electron chi connectivity index (χ4n) is 1.88. The summed E-state index contributed by atoms with van der Waals surface area (Å²) in [6.07, 6.45) is 0.952. The average Bonchev–Trinajstić information content (AvgIpc) is 2.53. The van der Waals surface area contributed by atoms with Gasteiger partial charge in [-0.2, -0.15) is 0 Å². The van der Waals surface area contributed by atoms with Crippen LogP contribution in [-0.4, -0.2) is 18.2 Å². The zero-order chi connectivity index (χ0) is 14.4. The first-order chi connectivity index (χ1) is 9.76. The summed E-state index contributed by atoms with van der Waals surface area (Å²) in [5, 5.41) is 9.28. The van der Waals surface area contributed by atoms with Gasteiger partial charge in [0.05, 0.1) is 12.8 Å². The number of rotatable bonds is 4. The Labute approximate surface area is 118 Å². The van der Waals surface area contributed by atoms with Gasteiger partial charge in [0.2, 0.25) is 0 Å². The van der Waals surface area contributed by atoms with E-state index in [0.29, 0.717) is 5.84 Å². The van der Waals surface area contributed by atoms with E-state index in [-0.39, 0.29) is 0 Å². The molecule has 0 radical (unpaired) electrons. The molecule has 0 bridgehead atoms. The Bertz CT molecular complexity index is 592. The number of methoxy groups -OCH3 is 1. The quantitative estimate of drug-likeness (QED) is 0.509. The SMILES string of the molecule is CCc1cccc(N=C(NO)c2ccc(OC)cc2)c1. The molecule has 0 aliphatic carbocycles. The lowest BCUT2D eigenvalue weighted by Crippen LogP contribution is -2.19. The number of ether oxygens (including phenoxy) is 1. The normalized spacial score (nSPS) is 11.2. The number of benzene rings is 2. The summed E-state index contributed by atoms with van der Waals surface area (Å²) < 4.78 is 5.11. The van der Waals surface area contributed by atoms with E-state index < -0.39 is 0 Å². The average molecular weight is 270 g/mol. The molecule has 0 aliphatic rings. The van der Waals surface area contributed by atoms with Gasteiger partial charge < -0.3 is 4.74 Å². The van der Waals surface area contributed by atoms with Gasteiger partial charge in [-0.15, -0.1) is 0 Å². The second-order valence-corrected chi connectivity index (χ2v) is 4.32. The number of nitrogens with zero attached hydrogens (tertiary/aromatic N) is 1. The lowest BCUT2D eigenvalue weighted by Gasteiger charge is -2.07. The minimum absolute atomic E-state index is 0.404. The molecule has 0 atom stereocenters. The lowest BCUT2D eigenvalue weighted by molar-refractivity contribution is 0.235. The number of aryl methyl sites for hydroxylation is 1. The molecule has 0 spiro atoms. The Kier molecular flexibility index (Phi) is 4.74. The second kappa shape index (κ2) is 6.73. The molecule has 2 aromatic carbocycles. The monoisotopic (exact) mass is 270 g/mol. The molecule has 0 fully saturated rings. The first-order valence-corrected chi connectivity index (χ1v) is 6.49. The highest BCUT2D eigenvalue weighted by molar-refractivity contribution is 5.99. The third-order valence-electron chi connectivity index (χ3n) is 3.03. The summed E-state index contributed by atoms with van der Waals surface area (Å²) >= 11 is 0. The van der Waals surface area contributed by atoms with Crippen molar-refractivity contribution in [2.45, 2.75) is 13.3 Å². The number of hydroxylamine groups is 1. The van der Waals surface area contributed by atoms with Crippen LogP contribution in [0.3, 0.4) is 0 Å². The van der Waals surface area contributed by atoms with E-state index in [9.17, 15) is 5.21 Å². The lowest BCUT2D eigenvalue weighted by atomic mass is 10.1. The molecular formula is C16H18N2O2. The molecule has 104 valence electrons. The molecule has 0 heterocycles. The standard InChI is InChI=1S/C16H18N2O2/c1-3-12-5-4-6-14(11-12)17-16(18-19)13-7-9-15(20-2)10-8-13/h4-11,19H,3H2,1-2H3,(H,17,18). The minimum atomic E-state index is 0.404. The summed E-state index contributed by atoms with van der Waals surface area (Å²) in [6.45, 7) is 2.09. The van der Waals surface area contributed by atoms with Crippen molar-refractivity contribution in [1.29, 1.82) is 0 Å². The van der Waals surface area contributed by atoms with Crippen molar-refractivity contribution in [1.82, 2.24) is 5.48 Å². The summed E-state index contributed by atoms with van der Waals surface area (Å²) in [6, 6.07) is 15.2. The molecule has 2 N–H and O–H groups in total. The van der Waals surface area contributed by atoms with Crippen LogP contribution >= 0.6 is 0 Å². The van der Waals surface area contributed by atoms with Crippen molar-refractivity contribution >= 4 is 11.5 Å². The topological polar surface area (TPSA) is 53.9 Å². The van der Waals surface area contributed by atoms with E-state index in [2.05, 4.69) is 23.5 Å². The van der Waals surface area contributed by atoms with Crippen LogP contribution in [-0.2, 0) is 6.42 Å². The van der Waals surface area contributed by atoms with Crippen molar-refractivity contribution in [2.75, 3.05) is 7.11 Å². The van der Waals surface area contributed by atoms with Crippen LogP contribution in [0.1, 0.15) is 18.1 Å². The van der Waals surface area contributed by atoms with E-state index in [1.165, 1.54) is 5.56 Å². The Balaban J connectivity index is 2.31. The van der Waals surface area contributed by atoms with Gasteiger partial charge in [0.25, 0.3) is 0 Å². The predicted molar refractivity (Wildman–Crippen MR) is 79.9 cm³/mol. The molecule has 0 saturated heterocycles. The van der Waals surface area contributed by atoms with Crippen LogP contribution in [0.25, 0.3) is 0 Å². The fraction of sp³-hybridized carbons (Fsp3) is 0.188. The maximum absolute atomic E-state index is 9.28. The summed E-state index contributed by atoms with van der Waals surface area (Å²) in [5.74, 6) is 1.17. The Morgan fingerprint density at radius 2 is 1.95 bits per heavy atom. The van der Waals surface area contributed by atoms with Gasteiger partial charge >= 0.3 is 0 Å². The highest BCUT2D eigenvalue weighted by Crippen LogP contribution is 2.17. The smallest absolute Gasteiger partial charge is 0.157 e. The highest BCUT2D eigenvalue weighted by Gasteiger charge is 2.03. The van der Waals surface area contributed by atoms with E-state index >= 15 is 0 Å². The molecule has 2 rings (SSSR count). The number of nitrogens with one attached hydrogen (secondary N) is 1. The molecule has 2 aromatic rings. The number of amidine groups is 1.